The Morgan fingerprint density at radius 1 is 1.24 bits per heavy atom. The molecular weight excluding hydrogens is 324 g/mol. The van der Waals surface area contributed by atoms with Crippen LogP contribution in [0, 0.1) is 10.1 Å². The molecule has 2 aromatic carbocycles. The molecule has 25 heavy (non-hydrogen) atoms. The van der Waals surface area contributed by atoms with Crippen molar-refractivity contribution < 1.29 is 19.2 Å². The summed E-state index contributed by atoms with van der Waals surface area (Å²) in [6, 6.07) is 15.5. The van der Waals surface area contributed by atoms with Crippen molar-refractivity contribution in [2.45, 2.75) is 6.10 Å². The second-order valence-corrected chi connectivity index (χ2v) is 5.65. The van der Waals surface area contributed by atoms with Crippen LogP contribution in [0.4, 0.5) is 5.69 Å². The topological polar surface area (TPSA) is 81.9 Å². The quantitative estimate of drug-likeness (QED) is 0.616. The van der Waals surface area contributed by atoms with E-state index in [0.29, 0.717) is 25.4 Å². The largest absolute Gasteiger partial charge is 0.484 e. The lowest BCUT2D eigenvalue weighted by atomic mass is 10.1. The number of ether oxygens (including phenoxy) is 2. The Labute approximate surface area is 144 Å². The Kier molecular flexibility index (Phi) is 5.25. The van der Waals surface area contributed by atoms with Gasteiger partial charge < -0.3 is 14.4 Å². The van der Waals surface area contributed by atoms with Crippen molar-refractivity contribution >= 4 is 11.6 Å². The molecule has 7 heteroatoms. The predicted octanol–water partition coefficient (Wildman–Crippen LogP) is 2.57. The van der Waals surface area contributed by atoms with Gasteiger partial charge in [0.1, 0.15) is 11.9 Å². The normalized spacial score (nSPS) is 17.1. The molecule has 0 aromatic heterocycles. The van der Waals surface area contributed by atoms with E-state index in [1.807, 2.05) is 30.3 Å². The van der Waals surface area contributed by atoms with Crippen LogP contribution in [-0.4, -0.2) is 42.0 Å². The van der Waals surface area contributed by atoms with Crippen molar-refractivity contribution in [2.24, 2.45) is 0 Å². The van der Waals surface area contributed by atoms with Gasteiger partial charge in [-0.25, -0.2) is 0 Å². The zero-order valence-electron chi connectivity index (χ0n) is 13.5. The highest BCUT2D eigenvalue weighted by Gasteiger charge is 2.25. The van der Waals surface area contributed by atoms with Crippen molar-refractivity contribution in [1.82, 2.24) is 4.90 Å². The number of non-ortho nitro benzene ring substituents is 1. The van der Waals surface area contributed by atoms with E-state index in [9.17, 15) is 14.9 Å². The average Bonchev–Trinajstić information content (AvgIpc) is 2.67. The smallest absolute Gasteiger partial charge is 0.273 e. The van der Waals surface area contributed by atoms with Crippen molar-refractivity contribution in [2.75, 3.05) is 26.3 Å². The van der Waals surface area contributed by atoms with Gasteiger partial charge >= 0.3 is 0 Å². The molecular formula is C18H18N2O5. The molecule has 0 bridgehead atoms. The lowest BCUT2D eigenvalue weighted by Gasteiger charge is -2.33. The molecule has 1 fully saturated rings. The van der Waals surface area contributed by atoms with Gasteiger partial charge in [-0.1, -0.05) is 36.4 Å². The number of hydrogen-bond donors (Lipinski definition) is 0. The van der Waals surface area contributed by atoms with E-state index in [1.165, 1.54) is 18.2 Å². The Bertz CT molecular complexity index is 750. The monoisotopic (exact) mass is 342 g/mol. The van der Waals surface area contributed by atoms with E-state index in [0.717, 1.165) is 5.56 Å². The molecule has 0 unspecified atom stereocenters. The van der Waals surface area contributed by atoms with Crippen LogP contribution in [0.5, 0.6) is 5.75 Å². The van der Waals surface area contributed by atoms with Crippen LogP contribution < -0.4 is 4.74 Å². The number of rotatable bonds is 5. The van der Waals surface area contributed by atoms with Crippen LogP contribution in [0.2, 0.25) is 0 Å². The zero-order valence-corrected chi connectivity index (χ0v) is 13.5. The first-order valence-electron chi connectivity index (χ1n) is 7.95. The molecule has 1 aliphatic rings. The molecule has 0 spiro atoms. The Balaban J connectivity index is 1.58. The van der Waals surface area contributed by atoms with Crippen LogP contribution in [0.15, 0.2) is 54.6 Å². The molecule has 1 aliphatic heterocycles. The molecule has 130 valence electrons. The first-order chi connectivity index (χ1) is 12.1. The van der Waals surface area contributed by atoms with Crippen LogP contribution in [0.1, 0.15) is 11.7 Å². The minimum Gasteiger partial charge on any atom is -0.484 e. The summed E-state index contributed by atoms with van der Waals surface area (Å²) in [4.78, 5) is 24.3. The summed E-state index contributed by atoms with van der Waals surface area (Å²) < 4.78 is 11.2. The van der Waals surface area contributed by atoms with Crippen molar-refractivity contribution in [1.29, 1.82) is 0 Å². The van der Waals surface area contributed by atoms with E-state index in [2.05, 4.69) is 0 Å². The maximum Gasteiger partial charge on any atom is 0.273 e. The molecule has 0 N–H and O–H groups in total. The van der Waals surface area contributed by atoms with Crippen molar-refractivity contribution in [3.63, 3.8) is 0 Å². The van der Waals surface area contributed by atoms with Gasteiger partial charge in [-0.2, -0.15) is 0 Å². The van der Waals surface area contributed by atoms with Gasteiger partial charge in [-0.15, -0.1) is 0 Å². The molecule has 0 radical (unpaired) electrons. The van der Waals surface area contributed by atoms with Gasteiger partial charge in [-0.3, -0.25) is 14.9 Å². The summed E-state index contributed by atoms with van der Waals surface area (Å²) >= 11 is 0. The molecule has 1 amide bonds. The third-order valence-corrected chi connectivity index (χ3v) is 3.98. The number of benzene rings is 2. The molecule has 3 rings (SSSR count). The highest BCUT2D eigenvalue weighted by molar-refractivity contribution is 5.78. The number of nitro groups is 1. The number of carbonyl (C=O) groups is 1. The van der Waals surface area contributed by atoms with Crippen LogP contribution in [0.25, 0.3) is 0 Å². The van der Waals surface area contributed by atoms with Gasteiger partial charge in [0, 0.05) is 12.6 Å². The number of amides is 1. The summed E-state index contributed by atoms with van der Waals surface area (Å²) in [5.41, 5.74) is 0.958. The zero-order chi connectivity index (χ0) is 17.6. The molecule has 1 heterocycles. The van der Waals surface area contributed by atoms with E-state index >= 15 is 0 Å². The number of morpholine rings is 1. The van der Waals surface area contributed by atoms with E-state index in [-0.39, 0.29) is 24.3 Å². The maximum atomic E-state index is 12.4. The second-order valence-electron chi connectivity index (χ2n) is 5.65. The Hall–Kier alpha value is -2.93. The molecule has 0 aliphatic carbocycles. The fourth-order valence-electron chi connectivity index (χ4n) is 2.67. The average molecular weight is 342 g/mol. The molecule has 0 saturated carbocycles. The van der Waals surface area contributed by atoms with Crippen molar-refractivity contribution in [3.8, 4) is 5.75 Å². The third kappa shape index (κ3) is 4.33. The van der Waals surface area contributed by atoms with Gasteiger partial charge in [0.15, 0.2) is 6.61 Å². The standard InChI is InChI=1S/C18H18N2O5/c21-18(13-25-16-8-4-7-15(11-16)20(22)23)19-9-10-24-17(12-19)14-5-2-1-3-6-14/h1-8,11,17H,9-10,12-13H2/t17-/m0/s1. The lowest BCUT2D eigenvalue weighted by molar-refractivity contribution is -0.384. The highest BCUT2D eigenvalue weighted by Crippen LogP contribution is 2.22. The van der Waals surface area contributed by atoms with Crippen LogP contribution >= 0.6 is 0 Å². The van der Waals surface area contributed by atoms with Gasteiger partial charge in [0.25, 0.3) is 11.6 Å². The minimum absolute atomic E-state index is 0.0690. The van der Waals surface area contributed by atoms with Crippen molar-refractivity contribution in [3.05, 3.63) is 70.3 Å². The summed E-state index contributed by atoms with van der Waals surface area (Å²) in [6.45, 7) is 1.26. The number of nitro benzene ring substituents is 1. The Morgan fingerprint density at radius 2 is 2.04 bits per heavy atom. The third-order valence-electron chi connectivity index (χ3n) is 3.98. The van der Waals surface area contributed by atoms with Gasteiger partial charge in [0.2, 0.25) is 0 Å². The summed E-state index contributed by atoms with van der Waals surface area (Å²) in [6.07, 6.45) is -0.156. The predicted molar refractivity (Wildman–Crippen MR) is 90.3 cm³/mol. The second kappa shape index (κ2) is 7.76. The molecule has 1 saturated heterocycles. The van der Waals surface area contributed by atoms with E-state index < -0.39 is 4.92 Å². The molecule has 2 aromatic rings. The number of carbonyl (C=O) groups excluding carboxylic acids is 1. The maximum absolute atomic E-state index is 12.4. The van der Waals surface area contributed by atoms with Gasteiger partial charge in [0.05, 0.1) is 24.1 Å². The summed E-state index contributed by atoms with van der Waals surface area (Å²) in [7, 11) is 0. The highest BCUT2D eigenvalue weighted by atomic mass is 16.6. The van der Waals surface area contributed by atoms with Crippen LogP contribution in [0.3, 0.4) is 0 Å². The first kappa shape index (κ1) is 16.9. The summed E-state index contributed by atoms with van der Waals surface area (Å²) in [5.74, 6) is 0.131. The number of hydrogen-bond acceptors (Lipinski definition) is 5. The Morgan fingerprint density at radius 3 is 2.80 bits per heavy atom. The number of nitrogens with zero attached hydrogens (tertiary/aromatic N) is 2. The fraction of sp³-hybridized carbons (Fsp3) is 0.278. The molecule has 1 atom stereocenters. The lowest BCUT2D eigenvalue weighted by Crippen LogP contribution is -2.44. The van der Waals surface area contributed by atoms with E-state index in [4.69, 9.17) is 9.47 Å². The summed E-state index contributed by atoms with van der Waals surface area (Å²) in [5, 5.41) is 10.8. The van der Waals surface area contributed by atoms with Gasteiger partial charge in [-0.05, 0) is 11.6 Å². The van der Waals surface area contributed by atoms with Crippen LogP contribution in [-0.2, 0) is 9.53 Å². The molecule has 7 nitrogen and oxygen atoms in total. The first-order valence-corrected chi connectivity index (χ1v) is 7.95. The fourth-order valence-corrected chi connectivity index (χ4v) is 2.67. The SMILES string of the molecule is O=C(COc1cccc([N+](=O)[O-])c1)N1CCO[C@H](c2ccccc2)C1. The van der Waals surface area contributed by atoms with E-state index in [1.54, 1.807) is 11.0 Å². The minimum atomic E-state index is -0.499.